The predicted octanol–water partition coefficient (Wildman–Crippen LogP) is 1.06. The lowest BCUT2D eigenvalue weighted by Gasteiger charge is -2.33. The third kappa shape index (κ3) is 4.48. The second-order valence-electron chi connectivity index (χ2n) is 8.01. The summed E-state index contributed by atoms with van der Waals surface area (Å²) >= 11 is 0. The Morgan fingerprint density at radius 2 is 1.86 bits per heavy atom. The van der Waals surface area contributed by atoms with Crippen LogP contribution in [0.4, 0.5) is 0 Å². The molecule has 1 saturated carbocycles. The second kappa shape index (κ2) is 8.32. The van der Waals surface area contributed by atoms with E-state index in [-0.39, 0.29) is 36.2 Å². The van der Waals surface area contributed by atoms with Crippen LogP contribution in [0.25, 0.3) is 0 Å². The van der Waals surface area contributed by atoms with E-state index < -0.39 is 6.10 Å². The van der Waals surface area contributed by atoms with E-state index in [1.54, 1.807) is 6.92 Å². The van der Waals surface area contributed by atoms with Gasteiger partial charge >= 0.3 is 0 Å². The minimum absolute atomic E-state index is 0.0133. The topological polar surface area (TPSA) is 117 Å². The number of aliphatic hydroxyl groups is 1. The Kier molecular flexibility index (Phi) is 5.62. The summed E-state index contributed by atoms with van der Waals surface area (Å²) in [6.07, 6.45) is 2.26. The number of carbonyl (C=O) groups excluding carboxylic acids is 2. The number of aryl methyl sites for hydroxylation is 1. The number of benzene rings is 1. The van der Waals surface area contributed by atoms with Crippen molar-refractivity contribution in [3.63, 3.8) is 0 Å². The van der Waals surface area contributed by atoms with Crippen LogP contribution in [0.3, 0.4) is 0 Å². The van der Waals surface area contributed by atoms with E-state index in [0.29, 0.717) is 31.0 Å². The summed E-state index contributed by atoms with van der Waals surface area (Å²) in [5, 5.41) is 20.1. The van der Waals surface area contributed by atoms with Crippen LogP contribution in [-0.2, 0) is 29.0 Å². The molecule has 0 saturated heterocycles. The summed E-state index contributed by atoms with van der Waals surface area (Å²) < 4.78 is 4.88. The van der Waals surface area contributed by atoms with Crippen molar-refractivity contribution >= 4 is 11.8 Å². The van der Waals surface area contributed by atoms with E-state index in [9.17, 15) is 14.7 Å². The molecule has 0 radical (unpaired) electrons. The molecule has 29 heavy (non-hydrogen) atoms. The van der Waals surface area contributed by atoms with Gasteiger partial charge in [0.25, 0.3) is 0 Å². The zero-order valence-corrected chi connectivity index (χ0v) is 16.4. The molecule has 154 valence electrons. The lowest BCUT2D eigenvalue weighted by atomic mass is 9.83. The minimum Gasteiger partial charge on any atom is -0.391 e. The van der Waals surface area contributed by atoms with Crippen LogP contribution >= 0.6 is 0 Å². The lowest BCUT2D eigenvalue weighted by molar-refractivity contribution is -0.129. The molecule has 3 atom stereocenters. The first kappa shape index (κ1) is 19.6. The Labute approximate surface area is 169 Å². The van der Waals surface area contributed by atoms with Gasteiger partial charge < -0.3 is 20.3 Å². The van der Waals surface area contributed by atoms with Crippen molar-refractivity contribution in [2.75, 3.05) is 0 Å². The fraction of sp³-hybridized carbons (Fsp3) is 0.524. The van der Waals surface area contributed by atoms with Crippen LogP contribution in [-0.4, -0.2) is 39.2 Å². The highest BCUT2D eigenvalue weighted by Crippen LogP contribution is 2.29. The first-order chi connectivity index (χ1) is 14.0. The van der Waals surface area contributed by atoms with Gasteiger partial charge in [-0.3, -0.25) is 9.59 Å². The molecule has 1 heterocycles. The van der Waals surface area contributed by atoms with Crippen LogP contribution in [0.1, 0.15) is 42.1 Å². The zero-order chi connectivity index (χ0) is 20.4. The molecule has 0 bridgehead atoms. The van der Waals surface area contributed by atoms with Gasteiger partial charge in [0.05, 0.1) is 18.7 Å². The van der Waals surface area contributed by atoms with Crippen molar-refractivity contribution in [2.24, 2.45) is 11.8 Å². The number of rotatable bonds is 5. The minimum atomic E-state index is -0.736. The molecular formula is C21H26N4O4. The number of fused-ring (bicyclic) bond motifs is 1. The highest BCUT2D eigenvalue weighted by atomic mass is 16.5. The van der Waals surface area contributed by atoms with Crippen molar-refractivity contribution in [3.8, 4) is 0 Å². The van der Waals surface area contributed by atoms with Gasteiger partial charge in [0.1, 0.15) is 0 Å². The Hall–Kier alpha value is -2.74. The molecule has 1 fully saturated rings. The van der Waals surface area contributed by atoms with Crippen LogP contribution in [0.15, 0.2) is 28.8 Å². The molecule has 1 aromatic carbocycles. The smallest absolute Gasteiger partial charge is 0.224 e. The van der Waals surface area contributed by atoms with E-state index in [0.717, 1.165) is 12.8 Å². The van der Waals surface area contributed by atoms with Crippen molar-refractivity contribution < 1.29 is 19.2 Å². The number of aromatic nitrogens is 2. The standard InChI is InChI=1S/C21H26N4O4/c1-12-23-19(25-29-12)11-22-20(27)15-6-7-17(18(26)10-15)24-21(28)16-8-13-4-2-3-5-14(13)9-16/h2-5,15-18,26H,6-11H2,1H3,(H,22,27)(H,24,28)/t15-,17+,18+/m0/s1. The van der Waals surface area contributed by atoms with Gasteiger partial charge in [0.15, 0.2) is 5.82 Å². The van der Waals surface area contributed by atoms with Gasteiger partial charge in [-0.1, -0.05) is 29.4 Å². The lowest BCUT2D eigenvalue weighted by Crippen LogP contribution is -2.50. The van der Waals surface area contributed by atoms with Gasteiger partial charge in [-0.25, -0.2) is 0 Å². The molecule has 2 amide bonds. The average Bonchev–Trinajstić information content (AvgIpc) is 3.33. The first-order valence-electron chi connectivity index (χ1n) is 10.1. The van der Waals surface area contributed by atoms with Crippen molar-refractivity contribution in [3.05, 3.63) is 47.1 Å². The Bertz CT molecular complexity index is 871. The summed E-state index contributed by atoms with van der Waals surface area (Å²) in [6, 6.07) is 7.81. The maximum atomic E-state index is 12.7. The maximum absolute atomic E-state index is 12.7. The molecule has 2 aliphatic carbocycles. The number of amides is 2. The fourth-order valence-electron chi connectivity index (χ4n) is 4.32. The summed E-state index contributed by atoms with van der Waals surface area (Å²) in [5.74, 6) is 0.352. The van der Waals surface area contributed by atoms with Gasteiger partial charge in [-0.15, -0.1) is 0 Å². The molecule has 2 aliphatic rings. The van der Waals surface area contributed by atoms with Gasteiger partial charge in [-0.05, 0) is 43.2 Å². The van der Waals surface area contributed by atoms with Crippen LogP contribution in [0, 0.1) is 18.8 Å². The summed E-state index contributed by atoms with van der Waals surface area (Å²) in [5.41, 5.74) is 2.45. The molecule has 3 N–H and O–H groups in total. The fourth-order valence-corrected chi connectivity index (χ4v) is 4.32. The molecule has 2 aromatic rings. The molecule has 4 rings (SSSR count). The number of aliphatic hydroxyl groups excluding tert-OH is 1. The maximum Gasteiger partial charge on any atom is 0.224 e. The van der Waals surface area contributed by atoms with Crippen LogP contribution < -0.4 is 10.6 Å². The normalized spacial score (nSPS) is 24.1. The second-order valence-corrected chi connectivity index (χ2v) is 8.01. The van der Waals surface area contributed by atoms with Gasteiger partial charge in [-0.2, -0.15) is 4.98 Å². The Morgan fingerprint density at radius 1 is 1.14 bits per heavy atom. The first-order valence-corrected chi connectivity index (χ1v) is 10.1. The van der Waals surface area contributed by atoms with E-state index >= 15 is 0 Å². The zero-order valence-electron chi connectivity index (χ0n) is 16.4. The third-order valence-electron chi connectivity index (χ3n) is 5.93. The highest BCUT2D eigenvalue weighted by molar-refractivity contribution is 5.81. The van der Waals surface area contributed by atoms with Gasteiger partial charge in [0.2, 0.25) is 17.7 Å². The predicted molar refractivity (Wildman–Crippen MR) is 104 cm³/mol. The number of nitrogens with zero attached hydrogens (tertiary/aromatic N) is 2. The molecule has 8 heteroatoms. The molecule has 1 aromatic heterocycles. The average molecular weight is 398 g/mol. The molecular weight excluding hydrogens is 372 g/mol. The van der Waals surface area contributed by atoms with E-state index in [1.165, 1.54) is 11.1 Å². The van der Waals surface area contributed by atoms with Gasteiger partial charge in [0, 0.05) is 18.8 Å². The summed E-state index contributed by atoms with van der Waals surface area (Å²) in [7, 11) is 0. The molecule has 0 aliphatic heterocycles. The molecule has 0 unspecified atom stereocenters. The van der Waals surface area contributed by atoms with E-state index in [4.69, 9.17) is 4.52 Å². The molecule has 8 nitrogen and oxygen atoms in total. The SMILES string of the molecule is Cc1nc(CNC(=O)[C@H]2CC[C@@H](NC(=O)C3Cc4ccccc4C3)[C@H](O)C2)no1. The van der Waals surface area contributed by atoms with E-state index in [2.05, 4.69) is 32.9 Å². The Balaban J connectivity index is 1.25. The number of carbonyl (C=O) groups is 2. The van der Waals surface area contributed by atoms with Crippen molar-refractivity contribution in [1.82, 2.24) is 20.8 Å². The van der Waals surface area contributed by atoms with Crippen LogP contribution in [0.5, 0.6) is 0 Å². The van der Waals surface area contributed by atoms with Crippen molar-refractivity contribution in [2.45, 2.75) is 57.7 Å². The largest absolute Gasteiger partial charge is 0.391 e. The molecule has 0 spiro atoms. The number of hydrogen-bond donors (Lipinski definition) is 3. The van der Waals surface area contributed by atoms with Crippen molar-refractivity contribution in [1.29, 1.82) is 0 Å². The summed E-state index contributed by atoms with van der Waals surface area (Å²) in [6.45, 7) is 1.89. The highest BCUT2D eigenvalue weighted by Gasteiger charge is 2.35. The van der Waals surface area contributed by atoms with E-state index in [1.807, 2.05) is 12.1 Å². The van der Waals surface area contributed by atoms with Crippen LogP contribution in [0.2, 0.25) is 0 Å². The number of hydrogen-bond acceptors (Lipinski definition) is 6. The monoisotopic (exact) mass is 398 g/mol. The summed E-state index contributed by atoms with van der Waals surface area (Å²) in [4.78, 5) is 29.1. The number of nitrogens with one attached hydrogen (secondary N) is 2. The third-order valence-corrected chi connectivity index (χ3v) is 5.93. The Morgan fingerprint density at radius 3 is 2.48 bits per heavy atom. The quantitative estimate of drug-likeness (QED) is 0.693.